The van der Waals surface area contributed by atoms with E-state index in [1.165, 1.54) is 29.0 Å². The lowest BCUT2D eigenvalue weighted by Gasteiger charge is -2.23. The highest BCUT2D eigenvalue weighted by atomic mass is 32.2. The smallest absolute Gasteiger partial charge is 0.251 e. The van der Waals surface area contributed by atoms with Crippen LogP contribution in [-0.4, -0.2) is 27.1 Å². The predicted octanol–water partition coefficient (Wildman–Crippen LogP) is 4.58. The number of anilines is 1. The molecule has 0 spiro atoms. The van der Waals surface area contributed by atoms with Gasteiger partial charge in [0, 0.05) is 12.1 Å². The fraction of sp³-hybridized carbons (Fsp3) is 0.375. The van der Waals surface area contributed by atoms with Crippen molar-refractivity contribution in [2.45, 2.75) is 45.6 Å². The van der Waals surface area contributed by atoms with Gasteiger partial charge in [-0.05, 0) is 74.4 Å². The number of carbonyl (C=O) groups excluding carboxylic acids is 1. The summed E-state index contributed by atoms with van der Waals surface area (Å²) >= 11 is 0. The average Bonchev–Trinajstić information content (AvgIpc) is 2.72. The Labute approximate surface area is 179 Å². The third-order valence-corrected chi connectivity index (χ3v) is 6.49. The summed E-state index contributed by atoms with van der Waals surface area (Å²) in [6.45, 7) is 2.79. The van der Waals surface area contributed by atoms with Gasteiger partial charge in [-0.25, -0.2) is 8.42 Å². The van der Waals surface area contributed by atoms with Crippen molar-refractivity contribution in [2.24, 2.45) is 0 Å². The van der Waals surface area contributed by atoms with E-state index in [-0.39, 0.29) is 12.5 Å². The molecule has 0 radical (unpaired) electrons. The van der Waals surface area contributed by atoms with Gasteiger partial charge in [0.25, 0.3) is 5.91 Å². The van der Waals surface area contributed by atoms with Crippen LogP contribution in [0.4, 0.5) is 5.69 Å². The summed E-state index contributed by atoms with van der Waals surface area (Å²) in [6.07, 6.45) is 9.21. The molecule has 0 atom stereocenters. The van der Waals surface area contributed by atoms with Crippen molar-refractivity contribution in [1.82, 2.24) is 5.32 Å². The first-order valence-corrected chi connectivity index (χ1v) is 12.3. The summed E-state index contributed by atoms with van der Waals surface area (Å²) in [4.78, 5) is 12.4. The maximum absolute atomic E-state index is 12.4. The first-order chi connectivity index (χ1) is 14.3. The van der Waals surface area contributed by atoms with Crippen molar-refractivity contribution >= 4 is 21.6 Å². The molecule has 6 heteroatoms. The molecular weight excluding hydrogens is 396 g/mol. The van der Waals surface area contributed by atoms with Gasteiger partial charge in [0.1, 0.15) is 0 Å². The van der Waals surface area contributed by atoms with Crippen LogP contribution >= 0.6 is 0 Å². The quantitative estimate of drug-likeness (QED) is 0.628. The molecule has 0 heterocycles. The van der Waals surface area contributed by atoms with E-state index < -0.39 is 10.0 Å². The molecule has 2 aromatic carbocycles. The van der Waals surface area contributed by atoms with Crippen LogP contribution in [0.2, 0.25) is 0 Å². The minimum absolute atomic E-state index is 0.100. The third-order valence-electron chi connectivity index (χ3n) is 5.35. The molecule has 30 heavy (non-hydrogen) atoms. The molecule has 0 aromatic heterocycles. The minimum Gasteiger partial charge on any atom is -0.352 e. The van der Waals surface area contributed by atoms with E-state index in [9.17, 15) is 13.2 Å². The zero-order valence-electron chi connectivity index (χ0n) is 17.7. The van der Waals surface area contributed by atoms with Gasteiger partial charge in [0.05, 0.1) is 18.5 Å². The summed E-state index contributed by atoms with van der Waals surface area (Å²) in [5, 5.41) is 2.98. The highest BCUT2D eigenvalue weighted by molar-refractivity contribution is 7.92. The normalized spacial score (nSPS) is 14.1. The van der Waals surface area contributed by atoms with E-state index in [0.717, 1.165) is 30.4 Å². The van der Waals surface area contributed by atoms with Gasteiger partial charge in [-0.15, -0.1) is 0 Å². The molecule has 3 rings (SSSR count). The number of hydrogen-bond acceptors (Lipinski definition) is 3. The van der Waals surface area contributed by atoms with E-state index in [0.29, 0.717) is 17.8 Å². The third kappa shape index (κ3) is 6.20. The number of sulfonamides is 1. The van der Waals surface area contributed by atoms with Gasteiger partial charge in [0.15, 0.2) is 0 Å². The number of benzene rings is 2. The van der Waals surface area contributed by atoms with Crippen LogP contribution < -0.4 is 9.62 Å². The fourth-order valence-electron chi connectivity index (χ4n) is 3.68. The van der Waals surface area contributed by atoms with Crippen molar-refractivity contribution < 1.29 is 13.2 Å². The molecule has 1 aliphatic carbocycles. The van der Waals surface area contributed by atoms with Crippen LogP contribution in [0, 0.1) is 6.92 Å². The molecule has 1 N–H and O–H groups in total. The van der Waals surface area contributed by atoms with Crippen LogP contribution in [-0.2, 0) is 16.6 Å². The Morgan fingerprint density at radius 3 is 2.50 bits per heavy atom. The van der Waals surface area contributed by atoms with Crippen molar-refractivity contribution in [2.75, 3.05) is 17.1 Å². The lowest BCUT2D eigenvalue weighted by Crippen LogP contribution is -2.29. The van der Waals surface area contributed by atoms with Gasteiger partial charge < -0.3 is 5.32 Å². The van der Waals surface area contributed by atoms with Crippen molar-refractivity contribution in [3.8, 4) is 0 Å². The highest BCUT2D eigenvalue weighted by Crippen LogP contribution is 2.22. The molecule has 0 saturated carbocycles. The summed E-state index contributed by atoms with van der Waals surface area (Å²) in [5.41, 5.74) is 4.48. The monoisotopic (exact) mass is 426 g/mol. The zero-order chi connectivity index (χ0) is 21.6. The standard InChI is InChI=1S/C24H30N2O3S/c1-19-7-6-10-23(17-19)26(30(2,28)29)18-21-11-13-22(14-12-21)24(27)25-16-15-20-8-4-3-5-9-20/h6-8,10-14,17H,3-5,9,15-16,18H2,1-2H3,(H,25,27). The number of nitrogens with zero attached hydrogens (tertiary/aromatic N) is 1. The molecule has 0 bridgehead atoms. The molecule has 5 nitrogen and oxygen atoms in total. The maximum atomic E-state index is 12.4. The highest BCUT2D eigenvalue weighted by Gasteiger charge is 2.18. The second-order valence-corrected chi connectivity index (χ2v) is 9.83. The first kappa shape index (κ1) is 22.1. The second kappa shape index (κ2) is 9.94. The minimum atomic E-state index is -3.43. The van der Waals surface area contributed by atoms with E-state index in [4.69, 9.17) is 0 Å². The van der Waals surface area contributed by atoms with Gasteiger partial charge in [-0.3, -0.25) is 9.10 Å². The summed E-state index contributed by atoms with van der Waals surface area (Å²) in [6, 6.07) is 14.5. The van der Waals surface area contributed by atoms with Gasteiger partial charge >= 0.3 is 0 Å². The SMILES string of the molecule is Cc1cccc(N(Cc2ccc(C(=O)NCCC3=CCCCC3)cc2)S(C)(=O)=O)c1. The zero-order valence-corrected chi connectivity index (χ0v) is 18.5. The maximum Gasteiger partial charge on any atom is 0.251 e. The Bertz CT molecular complexity index is 1010. The molecule has 1 aliphatic rings. The van der Waals surface area contributed by atoms with Gasteiger partial charge in [-0.1, -0.05) is 35.9 Å². The van der Waals surface area contributed by atoms with Crippen molar-refractivity contribution in [1.29, 1.82) is 0 Å². The molecule has 2 aromatic rings. The molecule has 0 fully saturated rings. The lowest BCUT2D eigenvalue weighted by molar-refractivity contribution is 0.0954. The Morgan fingerprint density at radius 2 is 1.87 bits per heavy atom. The van der Waals surface area contributed by atoms with Crippen molar-refractivity contribution in [3.05, 3.63) is 76.9 Å². The number of nitrogens with one attached hydrogen (secondary N) is 1. The van der Waals surface area contributed by atoms with Crippen LogP contribution in [0.25, 0.3) is 0 Å². The van der Waals surface area contributed by atoms with E-state index in [1.54, 1.807) is 18.2 Å². The average molecular weight is 427 g/mol. The van der Waals surface area contributed by atoms with Gasteiger partial charge in [-0.2, -0.15) is 0 Å². The predicted molar refractivity (Wildman–Crippen MR) is 122 cm³/mol. The molecule has 1 amide bonds. The number of aryl methyl sites for hydroxylation is 1. The Balaban J connectivity index is 1.62. The Kier molecular flexibility index (Phi) is 7.32. The van der Waals surface area contributed by atoms with Crippen molar-refractivity contribution in [3.63, 3.8) is 0 Å². The van der Waals surface area contributed by atoms with Crippen LogP contribution in [0.1, 0.15) is 53.6 Å². The largest absolute Gasteiger partial charge is 0.352 e. The number of hydrogen-bond donors (Lipinski definition) is 1. The number of allylic oxidation sites excluding steroid dienone is 1. The summed E-state index contributed by atoms with van der Waals surface area (Å²) in [5.74, 6) is -0.100. The lowest BCUT2D eigenvalue weighted by atomic mass is 9.97. The molecule has 0 saturated heterocycles. The van der Waals surface area contributed by atoms with E-state index in [1.807, 2.05) is 37.3 Å². The van der Waals surface area contributed by atoms with Crippen LogP contribution in [0.15, 0.2) is 60.2 Å². The van der Waals surface area contributed by atoms with Gasteiger partial charge in [0.2, 0.25) is 10.0 Å². The number of amides is 1. The Hall–Kier alpha value is -2.60. The molecule has 0 aliphatic heterocycles. The Morgan fingerprint density at radius 1 is 1.10 bits per heavy atom. The number of rotatable bonds is 8. The van der Waals surface area contributed by atoms with E-state index in [2.05, 4.69) is 11.4 Å². The topological polar surface area (TPSA) is 66.5 Å². The number of carbonyl (C=O) groups is 1. The molecule has 0 unspecified atom stereocenters. The van der Waals surface area contributed by atoms with Crippen LogP contribution in [0.5, 0.6) is 0 Å². The summed E-state index contributed by atoms with van der Waals surface area (Å²) < 4.78 is 26.0. The summed E-state index contributed by atoms with van der Waals surface area (Å²) in [7, 11) is -3.43. The fourth-order valence-corrected chi connectivity index (χ4v) is 4.56. The van der Waals surface area contributed by atoms with Crippen LogP contribution in [0.3, 0.4) is 0 Å². The molecular formula is C24H30N2O3S. The molecule has 160 valence electrons. The second-order valence-electron chi connectivity index (χ2n) is 7.92. The van der Waals surface area contributed by atoms with E-state index >= 15 is 0 Å². The first-order valence-electron chi connectivity index (χ1n) is 10.4.